The van der Waals surface area contributed by atoms with Gasteiger partial charge in [0.1, 0.15) is 0 Å². The third-order valence-electron chi connectivity index (χ3n) is 3.00. The lowest BCUT2D eigenvalue weighted by Crippen LogP contribution is -2.28. The summed E-state index contributed by atoms with van der Waals surface area (Å²) in [6, 6.07) is 3.27. The van der Waals surface area contributed by atoms with Crippen LogP contribution in [0.25, 0.3) is 0 Å². The van der Waals surface area contributed by atoms with E-state index in [4.69, 9.17) is 0 Å². The van der Waals surface area contributed by atoms with Crippen LogP contribution in [0.5, 0.6) is 0 Å². The Morgan fingerprint density at radius 3 is 1.33 bits per heavy atom. The molecule has 2 unspecified atom stereocenters. The van der Waals surface area contributed by atoms with Crippen molar-refractivity contribution in [3.63, 3.8) is 0 Å². The highest BCUT2D eigenvalue weighted by atomic mass is 29.2. The highest BCUT2D eigenvalue weighted by molar-refractivity contribution is 7.21. The molecular formula is C10H26Si2. The Morgan fingerprint density at radius 2 is 1.08 bits per heavy atom. The molecule has 12 heavy (non-hydrogen) atoms. The minimum absolute atomic E-state index is 0.207. The minimum Gasteiger partial charge on any atom is -0.0741 e. The summed E-state index contributed by atoms with van der Waals surface area (Å²) in [5.74, 6) is 0. The van der Waals surface area contributed by atoms with Gasteiger partial charge in [-0.1, -0.05) is 64.7 Å². The molecule has 0 aliphatic heterocycles. The minimum atomic E-state index is -0.207. The molecule has 0 rings (SSSR count). The summed E-state index contributed by atoms with van der Waals surface area (Å²) in [4.78, 5) is 0. The Hall–Kier alpha value is 0.434. The SMILES string of the molecule is CCCC[SiH](C)[SiH](C)CCCC. The molecule has 0 saturated heterocycles. The van der Waals surface area contributed by atoms with E-state index in [-0.39, 0.29) is 16.6 Å². The second-order valence-corrected chi connectivity index (χ2v) is 16.1. The maximum atomic E-state index is 2.61. The van der Waals surface area contributed by atoms with Crippen molar-refractivity contribution in [1.82, 2.24) is 0 Å². The van der Waals surface area contributed by atoms with E-state index in [9.17, 15) is 0 Å². The number of hydrogen-bond acceptors (Lipinski definition) is 0. The van der Waals surface area contributed by atoms with Gasteiger partial charge in [-0.25, -0.2) is 0 Å². The van der Waals surface area contributed by atoms with Crippen molar-refractivity contribution in [1.29, 1.82) is 0 Å². The highest BCUT2D eigenvalue weighted by Gasteiger charge is 2.13. The largest absolute Gasteiger partial charge is 0.0741 e. The van der Waals surface area contributed by atoms with Crippen LogP contribution in [0.4, 0.5) is 0 Å². The van der Waals surface area contributed by atoms with E-state index in [1.165, 1.54) is 25.7 Å². The monoisotopic (exact) mass is 202 g/mol. The maximum absolute atomic E-state index is 2.61. The standard InChI is InChI=1S/C10H26Si2/c1-5-7-9-11(3)12(4)10-8-6-2/h11-12H,5-10H2,1-4H3. The predicted molar refractivity (Wildman–Crippen MR) is 65.5 cm³/mol. The molecule has 0 aliphatic rings. The lowest BCUT2D eigenvalue weighted by molar-refractivity contribution is 0.870. The van der Waals surface area contributed by atoms with Gasteiger partial charge in [0.05, 0.1) is 0 Å². The predicted octanol–water partition coefficient (Wildman–Crippen LogP) is 3.38. The van der Waals surface area contributed by atoms with Crippen LogP contribution < -0.4 is 0 Å². The lowest BCUT2D eigenvalue weighted by atomic mass is 10.4. The van der Waals surface area contributed by atoms with Crippen molar-refractivity contribution < 1.29 is 0 Å². The Balaban J connectivity index is 3.39. The Bertz CT molecular complexity index is 81.8. The summed E-state index contributed by atoms with van der Waals surface area (Å²) in [6.45, 7) is 9.86. The van der Waals surface area contributed by atoms with E-state index in [1.807, 2.05) is 0 Å². The van der Waals surface area contributed by atoms with E-state index < -0.39 is 0 Å². The first-order valence-electron chi connectivity index (χ1n) is 5.72. The fraction of sp³-hybridized carbons (Fsp3) is 1.00. The zero-order valence-corrected chi connectivity index (χ0v) is 11.7. The molecule has 0 amide bonds. The zero-order valence-electron chi connectivity index (χ0n) is 9.40. The topological polar surface area (TPSA) is 0 Å². The lowest BCUT2D eigenvalue weighted by Gasteiger charge is -2.16. The summed E-state index contributed by atoms with van der Waals surface area (Å²) >= 11 is 0. The summed E-state index contributed by atoms with van der Waals surface area (Å²) in [7, 11) is -0.413. The first kappa shape index (κ1) is 12.4. The summed E-state index contributed by atoms with van der Waals surface area (Å²) in [6.07, 6.45) is 5.84. The van der Waals surface area contributed by atoms with Crippen LogP contribution in [0.2, 0.25) is 25.2 Å². The molecule has 0 saturated carbocycles. The van der Waals surface area contributed by atoms with Crippen LogP contribution >= 0.6 is 0 Å². The number of hydrogen-bond donors (Lipinski definition) is 0. The third-order valence-corrected chi connectivity index (χ3v) is 15.4. The molecular weight excluding hydrogens is 176 g/mol. The molecule has 0 N–H and O–H groups in total. The quantitative estimate of drug-likeness (QED) is 0.555. The second-order valence-electron chi connectivity index (χ2n) is 4.24. The maximum Gasteiger partial charge on any atom is 0.0246 e. The molecule has 2 atom stereocenters. The van der Waals surface area contributed by atoms with Crippen LogP contribution in [0.15, 0.2) is 0 Å². The van der Waals surface area contributed by atoms with E-state index in [2.05, 4.69) is 26.9 Å². The molecule has 0 spiro atoms. The van der Waals surface area contributed by atoms with Crippen LogP contribution in [0.1, 0.15) is 39.5 Å². The van der Waals surface area contributed by atoms with Crippen molar-refractivity contribution >= 4 is 16.6 Å². The fourth-order valence-electron chi connectivity index (χ4n) is 1.62. The van der Waals surface area contributed by atoms with Gasteiger partial charge in [-0.2, -0.15) is 0 Å². The molecule has 74 valence electrons. The Kier molecular flexibility index (Phi) is 8.34. The van der Waals surface area contributed by atoms with Crippen LogP contribution in [-0.4, -0.2) is 16.6 Å². The van der Waals surface area contributed by atoms with Gasteiger partial charge in [0.25, 0.3) is 0 Å². The molecule has 0 aromatic rings. The number of rotatable bonds is 7. The van der Waals surface area contributed by atoms with E-state index in [0.717, 1.165) is 0 Å². The average Bonchev–Trinajstić information content (AvgIpc) is 2.10. The molecule has 0 heterocycles. The van der Waals surface area contributed by atoms with Gasteiger partial charge in [0.2, 0.25) is 0 Å². The van der Waals surface area contributed by atoms with Gasteiger partial charge in [-0.15, -0.1) is 0 Å². The second kappa shape index (κ2) is 8.05. The first-order chi connectivity index (χ1) is 5.72. The van der Waals surface area contributed by atoms with E-state index >= 15 is 0 Å². The molecule has 0 aromatic heterocycles. The molecule has 0 fully saturated rings. The van der Waals surface area contributed by atoms with Gasteiger partial charge in [-0.3, -0.25) is 0 Å². The van der Waals surface area contributed by atoms with Crippen LogP contribution in [-0.2, 0) is 0 Å². The molecule has 0 nitrogen and oxygen atoms in total. The summed E-state index contributed by atoms with van der Waals surface area (Å²) < 4.78 is 0. The van der Waals surface area contributed by atoms with Gasteiger partial charge >= 0.3 is 0 Å². The van der Waals surface area contributed by atoms with Crippen molar-refractivity contribution in [3.05, 3.63) is 0 Å². The van der Waals surface area contributed by atoms with Gasteiger partial charge in [-0.05, 0) is 0 Å². The highest BCUT2D eigenvalue weighted by Crippen LogP contribution is 2.10. The Labute approximate surface area is 81.8 Å². The van der Waals surface area contributed by atoms with Crippen molar-refractivity contribution in [2.24, 2.45) is 0 Å². The van der Waals surface area contributed by atoms with Gasteiger partial charge in [0, 0.05) is 16.6 Å². The first-order valence-corrected chi connectivity index (χ1v) is 12.3. The van der Waals surface area contributed by atoms with Crippen LogP contribution in [0, 0.1) is 0 Å². The Morgan fingerprint density at radius 1 is 0.750 bits per heavy atom. The van der Waals surface area contributed by atoms with Gasteiger partial charge < -0.3 is 0 Å². The van der Waals surface area contributed by atoms with Crippen molar-refractivity contribution in [2.75, 3.05) is 0 Å². The number of unbranched alkanes of at least 4 members (excludes halogenated alkanes) is 2. The smallest absolute Gasteiger partial charge is 0.0246 e. The zero-order chi connectivity index (χ0) is 9.40. The molecule has 0 aromatic carbocycles. The molecule has 2 heteroatoms. The molecule has 0 aliphatic carbocycles. The molecule has 0 bridgehead atoms. The molecule has 0 radical (unpaired) electrons. The van der Waals surface area contributed by atoms with E-state index in [0.29, 0.717) is 0 Å². The van der Waals surface area contributed by atoms with Gasteiger partial charge in [0.15, 0.2) is 0 Å². The fourth-order valence-corrected chi connectivity index (χ4v) is 9.69. The average molecular weight is 202 g/mol. The third kappa shape index (κ3) is 6.01. The van der Waals surface area contributed by atoms with Crippen molar-refractivity contribution in [3.8, 4) is 0 Å². The van der Waals surface area contributed by atoms with E-state index in [1.54, 1.807) is 12.1 Å². The van der Waals surface area contributed by atoms with Crippen LogP contribution in [0.3, 0.4) is 0 Å². The summed E-state index contributed by atoms with van der Waals surface area (Å²) in [5, 5.41) is 0. The summed E-state index contributed by atoms with van der Waals surface area (Å²) in [5.41, 5.74) is 0. The normalized spacial score (nSPS) is 16.0. The van der Waals surface area contributed by atoms with Crippen molar-refractivity contribution in [2.45, 2.75) is 64.7 Å².